The zero-order valence-corrected chi connectivity index (χ0v) is 16.0. The van der Waals surface area contributed by atoms with Crippen LogP contribution in [-0.2, 0) is 4.79 Å². The van der Waals surface area contributed by atoms with E-state index < -0.39 is 6.04 Å². The fourth-order valence-electron chi connectivity index (χ4n) is 3.55. The number of ether oxygens (including phenoxy) is 1. The van der Waals surface area contributed by atoms with Crippen LogP contribution in [-0.4, -0.2) is 52.3 Å². The number of aryl methyl sites for hydroxylation is 1. The van der Waals surface area contributed by atoms with Gasteiger partial charge in [-0.25, -0.2) is 9.36 Å². The van der Waals surface area contributed by atoms with Crippen LogP contribution in [0.3, 0.4) is 0 Å². The van der Waals surface area contributed by atoms with Crippen molar-refractivity contribution in [3.63, 3.8) is 0 Å². The molecule has 0 saturated carbocycles. The predicted molar refractivity (Wildman–Crippen MR) is 98.5 cm³/mol. The Morgan fingerprint density at radius 3 is 2.63 bits per heavy atom. The van der Waals surface area contributed by atoms with E-state index in [1.54, 1.807) is 7.05 Å². The maximum Gasteiger partial charge on any atom is 0.406 e. The fourth-order valence-corrected chi connectivity index (χ4v) is 3.55. The van der Waals surface area contributed by atoms with Crippen LogP contribution in [0.1, 0.15) is 25.6 Å². The van der Waals surface area contributed by atoms with Crippen molar-refractivity contribution in [2.45, 2.75) is 32.9 Å². The Morgan fingerprint density at radius 2 is 1.93 bits per heavy atom. The number of aliphatic imine (C=N–C) groups is 1. The molecule has 1 fully saturated rings. The average molecular weight is 368 g/mol. The van der Waals surface area contributed by atoms with Gasteiger partial charge in [-0.05, 0) is 32.9 Å². The van der Waals surface area contributed by atoms with Gasteiger partial charge in [0.25, 0.3) is 5.91 Å². The second-order valence-corrected chi connectivity index (χ2v) is 7.09. The summed E-state index contributed by atoms with van der Waals surface area (Å²) in [6.07, 6.45) is 1.96. The fraction of sp³-hybridized carbons (Fsp3) is 0.368. The molecule has 0 radical (unpaired) electrons. The molecular formula is C19H22N5O3+. The largest absolute Gasteiger partial charge is 0.491 e. The van der Waals surface area contributed by atoms with Crippen LogP contribution in [0.2, 0.25) is 0 Å². The van der Waals surface area contributed by atoms with Crippen LogP contribution >= 0.6 is 0 Å². The molecule has 1 unspecified atom stereocenters. The Morgan fingerprint density at radius 1 is 1.19 bits per heavy atom. The van der Waals surface area contributed by atoms with Crippen molar-refractivity contribution in [1.82, 2.24) is 14.4 Å². The normalized spacial score (nSPS) is 18.7. The number of imidazole rings is 1. The van der Waals surface area contributed by atoms with Crippen molar-refractivity contribution in [3.8, 4) is 11.4 Å². The van der Waals surface area contributed by atoms with Gasteiger partial charge in [-0.2, -0.15) is 4.57 Å². The van der Waals surface area contributed by atoms with Crippen molar-refractivity contribution < 1.29 is 18.9 Å². The molecule has 0 N–H and O–H groups in total. The first-order chi connectivity index (χ1) is 12.8. The topological polar surface area (TPSA) is 71.0 Å². The molecule has 0 spiro atoms. The molecule has 27 heavy (non-hydrogen) atoms. The zero-order chi connectivity index (χ0) is 19.5. The highest BCUT2D eigenvalue weighted by atomic mass is 16.5. The summed E-state index contributed by atoms with van der Waals surface area (Å²) in [7, 11) is 3.13. The minimum Gasteiger partial charge on any atom is -0.491 e. The molecule has 1 aromatic heterocycles. The monoisotopic (exact) mass is 368 g/mol. The summed E-state index contributed by atoms with van der Waals surface area (Å²) in [6, 6.07) is 6.74. The molecule has 1 saturated heterocycles. The summed E-state index contributed by atoms with van der Waals surface area (Å²) in [5.41, 5.74) is 1.82. The van der Waals surface area contributed by atoms with E-state index in [0.29, 0.717) is 11.8 Å². The van der Waals surface area contributed by atoms with E-state index >= 15 is 0 Å². The van der Waals surface area contributed by atoms with E-state index in [-0.39, 0.29) is 18.0 Å². The molecule has 1 aromatic carbocycles. The lowest BCUT2D eigenvalue weighted by molar-refractivity contribution is -0.676. The summed E-state index contributed by atoms with van der Waals surface area (Å²) in [5.74, 6) is 1.54. The molecule has 2 aromatic rings. The summed E-state index contributed by atoms with van der Waals surface area (Å²) in [6.45, 7) is 5.92. The van der Waals surface area contributed by atoms with Crippen LogP contribution in [0, 0.1) is 6.92 Å². The first kappa shape index (κ1) is 17.3. The lowest BCUT2D eigenvalue weighted by atomic mass is 10.2. The lowest BCUT2D eigenvalue weighted by Crippen LogP contribution is -2.61. The number of hydrogen-bond acceptors (Lipinski definition) is 4. The summed E-state index contributed by atoms with van der Waals surface area (Å²) >= 11 is 0. The number of fused-ring (bicyclic) bond motifs is 3. The molecule has 140 valence electrons. The van der Waals surface area contributed by atoms with Crippen LogP contribution < -0.4 is 9.30 Å². The van der Waals surface area contributed by atoms with Crippen molar-refractivity contribution >= 4 is 23.7 Å². The molecule has 3 heterocycles. The first-order valence-corrected chi connectivity index (χ1v) is 8.84. The highest BCUT2D eigenvalue weighted by Crippen LogP contribution is 2.31. The first-order valence-electron chi connectivity index (χ1n) is 8.84. The van der Waals surface area contributed by atoms with Gasteiger partial charge in [0.1, 0.15) is 23.3 Å². The van der Waals surface area contributed by atoms with Gasteiger partial charge in [0.05, 0.1) is 6.10 Å². The van der Waals surface area contributed by atoms with Crippen molar-refractivity contribution in [1.29, 1.82) is 0 Å². The number of likely N-dealkylation sites (N-methyl/N-ethyl adjacent to an activating group) is 2. The standard InChI is InChI=1S/C19H22N5O3/c1-11(2)27-14-8-6-7-13(9-14)24-12(3)10-23-15-16(20-18(23)24)21(4)19(26)22(5)17(15)25/h6-11,15H,1-5H3/q+1. The minimum absolute atomic E-state index is 0.0713. The molecule has 8 heteroatoms. The molecule has 1 atom stereocenters. The SMILES string of the molecule is Cc1c[n+]2c(n1-c1cccc(OC(C)C)c1)N=C1C2C(=O)N(C)C(=O)N1C. The Bertz CT molecular complexity index is 991. The molecule has 2 aliphatic rings. The van der Waals surface area contributed by atoms with E-state index in [0.717, 1.165) is 22.0 Å². The number of amidine groups is 1. The molecular weight excluding hydrogens is 346 g/mol. The Balaban J connectivity index is 1.84. The van der Waals surface area contributed by atoms with E-state index in [9.17, 15) is 9.59 Å². The Labute approximate surface area is 157 Å². The minimum atomic E-state index is -0.622. The van der Waals surface area contributed by atoms with Gasteiger partial charge in [-0.15, -0.1) is 0 Å². The number of urea groups is 1. The number of amides is 3. The van der Waals surface area contributed by atoms with Gasteiger partial charge < -0.3 is 4.74 Å². The van der Waals surface area contributed by atoms with Crippen molar-refractivity contribution in [3.05, 3.63) is 36.2 Å². The predicted octanol–water partition coefficient (Wildman–Crippen LogP) is 1.97. The number of carbonyl (C=O) groups is 2. The highest BCUT2D eigenvalue weighted by molar-refractivity contribution is 6.18. The molecule has 3 amide bonds. The molecule has 0 aliphatic carbocycles. The second-order valence-electron chi connectivity index (χ2n) is 7.09. The van der Waals surface area contributed by atoms with Gasteiger partial charge in [0.2, 0.25) is 11.9 Å². The third-order valence-corrected chi connectivity index (χ3v) is 4.78. The van der Waals surface area contributed by atoms with E-state index in [2.05, 4.69) is 4.99 Å². The number of benzene rings is 1. The van der Waals surface area contributed by atoms with Crippen LogP contribution in [0.25, 0.3) is 5.69 Å². The maximum absolute atomic E-state index is 12.7. The third-order valence-electron chi connectivity index (χ3n) is 4.78. The summed E-state index contributed by atoms with van der Waals surface area (Å²) in [4.78, 5) is 32.1. The summed E-state index contributed by atoms with van der Waals surface area (Å²) in [5, 5.41) is 0. The zero-order valence-electron chi connectivity index (χ0n) is 16.0. The van der Waals surface area contributed by atoms with Crippen LogP contribution in [0.4, 0.5) is 10.7 Å². The summed E-state index contributed by atoms with van der Waals surface area (Å²) < 4.78 is 9.58. The maximum atomic E-state index is 12.7. The van der Waals surface area contributed by atoms with Crippen molar-refractivity contribution in [2.75, 3.05) is 14.1 Å². The average Bonchev–Trinajstić information content (AvgIpc) is 3.12. The number of nitrogens with zero attached hydrogens (tertiary/aromatic N) is 5. The Hall–Kier alpha value is -3.16. The van der Waals surface area contributed by atoms with Crippen LogP contribution in [0.5, 0.6) is 5.75 Å². The van der Waals surface area contributed by atoms with E-state index in [1.807, 2.05) is 60.4 Å². The quantitative estimate of drug-likeness (QED) is 0.778. The van der Waals surface area contributed by atoms with Crippen molar-refractivity contribution in [2.24, 2.45) is 4.99 Å². The van der Waals surface area contributed by atoms with Gasteiger partial charge in [-0.3, -0.25) is 14.6 Å². The van der Waals surface area contributed by atoms with E-state index in [4.69, 9.17) is 4.74 Å². The van der Waals surface area contributed by atoms with Gasteiger partial charge >= 0.3 is 12.0 Å². The molecule has 8 nitrogen and oxygen atoms in total. The highest BCUT2D eigenvalue weighted by Gasteiger charge is 2.52. The number of hydrogen-bond donors (Lipinski definition) is 0. The van der Waals surface area contributed by atoms with Gasteiger partial charge in [-0.1, -0.05) is 11.1 Å². The Kier molecular flexibility index (Phi) is 3.80. The third kappa shape index (κ3) is 2.51. The number of imide groups is 1. The number of aromatic nitrogens is 2. The molecule has 0 bridgehead atoms. The van der Waals surface area contributed by atoms with Crippen LogP contribution in [0.15, 0.2) is 35.5 Å². The smallest absolute Gasteiger partial charge is 0.406 e. The second kappa shape index (κ2) is 5.94. The lowest BCUT2D eigenvalue weighted by Gasteiger charge is -2.30. The van der Waals surface area contributed by atoms with Gasteiger partial charge in [0, 0.05) is 20.2 Å². The molecule has 2 aliphatic heterocycles. The number of carbonyl (C=O) groups excluding carboxylic acids is 2. The molecule has 4 rings (SSSR count). The van der Waals surface area contributed by atoms with Gasteiger partial charge in [0.15, 0.2) is 0 Å². The van der Waals surface area contributed by atoms with E-state index in [1.165, 1.54) is 11.9 Å². The number of rotatable bonds is 3.